The van der Waals surface area contributed by atoms with E-state index >= 15 is 0 Å². The summed E-state index contributed by atoms with van der Waals surface area (Å²) in [5.41, 5.74) is -0.857. The van der Waals surface area contributed by atoms with E-state index in [4.69, 9.17) is 4.74 Å². The average molecular weight is 480 g/mol. The maximum absolute atomic E-state index is 13.6. The van der Waals surface area contributed by atoms with Gasteiger partial charge in [0.05, 0.1) is 26.6 Å². The molecule has 0 aliphatic carbocycles. The minimum Gasteiger partial charge on any atom is -0.495 e. The fraction of sp³-hybridized carbons (Fsp3) is 0.133. The van der Waals surface area contributed by atoms with Gasteiger partial charge >= 0.3 is 0 Å². The van der Waals surface area contributed by atoms with Gasteiger partial charge in [-0.25, -0.2) is 8.78 Å². The molecular weight excluding hydrogens is 469 g/mol. The van der Waals surface area contributed by atoms with Crippen molar-refractivity contribution in [2.45, 2.75) is 4.90 Å². The van der Waals surface area contributed by atoms with Gasteiger partial charge in [-0.1, -0.05) is 0 Å². The van der Waals surface area contributed by atoms with Crippen molar-refractivity contribution in [2.75, 3.05) is 18.7 Å². The van der Waals surface area contributed by atoms with Gasteiger partial charge in [0.25, 0.3) is 11.6 Å². The normalized spacial score (nSPS) is 10.4. The minimum atomic E-state index is -0.857. The predicted molar refractivity (Wildman–Crippen MR) is 98.5 cm³/mol. The number of methoxy groups -OCH3 is 1. The third-order valence-corrected chi connectivity index (χ3v) is 4.97. The van der Waals surface area contributed by atoms with E-state index in [1.807, 2.05) is 0 Å². The number of hydrogen-bond donors (Lipinski definition) is 1. The summed E-state index contributed by atoms with van der Waals surface area (Å²) in [7, 11) is 1.36. The molecule has 0 saturated heterocycles. The molecule has 0 unspecified atom stereocenters. The van der Waals surface area contributed by atoms with Gasteiger partial charge in [0.15, 0.2) is 0 Å². The van der Waals surface area contributed by atoms with Gasteiger partial charge in [-0.05, 0) is 47.0 Å². The zero-order valence-corrected chi connectivity index (χ0v) is 15.9. The number of carbonyl (C=O) groups is 1. The monoisotopic (exact) mass is 480 g/mol. The lowest BCUT2D eigenvalue weighted by atomic mass is 10.1. The van der Waals surface area contributed by atoms with Crippen molar-refractivity contribution in [1.82, 2.24) is 0 Å². The molecule has 0 radical (unpaired) electrons. The molecule has 2 aromatic carbocycles. The van der Waals surface area contributed by atoms with E-state index in [-0.39, 0.29) is 20.6 Å². The second-order valence-corrected chi connectivity index (χ2v) is 6.62. The molecule has 0 atom stereocenters. The first-order valence-corrected chi connectivity index (χ1v) is 8.95. The second kappa shape index (κ2) is 7.95. The highest BCUT2D eigenvalue weighted by molar-refractivity contribution is 14.1. The van der Waals surface area contributed by atoms with Crippen molar-refractivity contribution in [2.24, 2.45) is 0 Å². The number of carbonyl (C=O) groups excluding carboxylic acids is 1. The van der Waals surface area contributed by atoms with E-state index in [1.54, 1.807) is 6.26 Å². The first-order valence-electron chi connectivity index (χ1n) is 6.64. The number of benzene rings is 2. The quantitative estimate of drug-likeness (QED) is 0.225. The molecule has 25 heavy (non-hydrogen) atoms. The molecule has 2 rings (SSSR count). The van der Waals surface area contributed by atoms with Crippen molar-refractivity contribution in [3.8, 4) is 5.75 Å². The molecule has 0 saturated carbocycles. The maximum atomic E-state index is 13.6. The van der Waals surface area contributed by atoms with Crippen LogP contribution in [0.5, 0.6) is 5.75 Å². The Morgan fingerprint density at radius 2 is 1.88 bits per heavy atom. The number of nitrogens with zero attached hydrogens (tertiary/aromatic N) is 1. The van der Waals surface area contributed by atoms with E-state index in [0.29, 0.717) is 4.90 Å². The molecule has 0 aliphatic heterocycles. The molecule has 0 spiro atoms. The van der Waals surface area contributed by atoms with Crippen LogP contribution in [0, 0.1) is 25.3 Å². The molecule has 2 aromatic rings. The van der Waals surface area contributed by atoms with E-state index in [2.05, 4.69) is 5.32 Å². The Labute approximate surface area is 159 Å². The van der Waals surface area contributed by atoms with Gasteiger partial charge < -0.3 is 10.1 Å². The number of thioether (sulfide) groups is 1. The molecule has 0 aromatic heterocycles. The first-order chi connectivity index (χ1) is 11.8. The van der Waals surface area contributed by atoms with Crippen LogP contribution in [0.4, 0.5) is 20.2 Å². The topological polar surface area (TPSA) is 81.5 Å². The number of nitro benzene ring substituents is 1. The fourth-order valence-corrected chi connectivity index (χ4v) is 2.92. The number of anilines is 1. The number of ether oxygens (including phenoxy) is 1. The van der Waals surface area contributed by atoms with Gasteiger partial charge in [-0.3, -0.25) is 14.9 Å². The molecule has 132 valence electrons. The summed E-state index contributed by atoms with van der Waals surface area (Å²) >= 11 is 2.73. The Morgan fingerprint density at radius 1 is 1.28 bits per heavy atom. The van der Waals surface area contributed by atoms with Crippen LogP contribution in [0.15, 0.2) is 29.2 Å². The standard InChI is InChI=1S/C15H11F2IN2O4S/c1-24-12-6-11(20(22)23)8(5-13(12)25-2)15(21)19-7-3-9(16)14(18)10(17)4-7/h3-6H,1-2H3,(H,19,21). The molecule has 0 aliphatic rings. The summed E-state index contributed by atoms with van der Waals surface area (Å²) < 4.78 is 32.0. The number of nitro groups is 1. The van der Waals surface area contributed by atoms with Gasteiger partial charge in [-0.15, -0.1) is 11.8 Å². The smallest absolute Gasteiger partial charge is 0.285 e. The lowest BCUT2D eigenvalue weighted by molar-refractivity contribution is -0.385. The van der Waals surface area contributed by atoms with Crippen molar-refractivity contribution in [1.29, 1.82) is 0 Å². The highest BCUT2D eigenvalue weighted by Crippen LogP contribution is 2.35. The van der Waals surface area contributed by atoms with E-state index in [9.17, 15) is 23.7 Å². The summed E-state index contributed by atoms with van der Waals surface area (Å²) in [6, 6.07) is 4.31. The summed E-state index contributed by atoms with van der Waals surface area (Å²) in [5.74, 6) is -2.29. The zero-order valence-electron chi connectivity index (χ0n) is 12.9. The lowest BCUT2D eigenvalue weighted by Crippen LogP contribution is -2.15. The Balaban J connectivity index is 2.46. The summed E-state index contributed by atoms with van der Waals surface area (Å²) in [4.78, 5) is 23.4. The molecule has 1 N–H and O–H groups in total. The highest BCUT2D eigenvalue weighted by Gasteiger charge is 2.24. The number of amides is 1. The predicted octanol–water partition coefficient (Wildman–Crippen LogP) is 4.46. The van der Waals surface area contributed by atoms with Crippen molar-refractivity contribution >= 4 is 51.6 Å². The number of hydrogen-bond acceptors (Lipinski definition) is 5. The van der Waals surface area contributed by atoms with Crippen LogP contribution >= 0.6 is 34.4 Å². The third-order valence-electron chi connectivity index (χ3n) is 3.18. The molecule has 0 heterocycles. The highest BCUT2D eigenvalue weighted by atomic mass is 127. The first kappa shape index (κ1) is 19.4. The Hall–Kier alpha value is -1.95. The van der Waals surface area contributed by atoms with Crippen LogP contribution < -0.4 is 10.1 Å². The second-order valence-electron chi connectivity index (χ2n) is 4.69. The molecular formula is C15H11F2IN2O4S. The molecule has 1 amide bonds. The Morgan fingerprint density at radius 3 is 2.36 bits per heavy atom. The Bertz CT molecular complexity index is 841. The van der Waals surface area contributed by atoms with E-state index in [1.165, 1.54) is 47.5 Å². The van der Waals surface area contributed by atoms with Crippen molar-refractivity contribution in [3.63, 3.8) is 0 Å². The average Bonchev–Trinajstić information content (AvgIpc) is 2.58. The van der Waals surface area contributed by atoms with Gasteiger partial charge in [-0.2, -0.15) is 0 Å². The molecule has 0 bridgehead atoms. The van der Waals surface area contributed by atoms with Crippen LogP contribution in [0.25, 0.3) is 0 Å². The molecule has 0 fully saturated rings. The van der Waals surface area contributed by atoms with Crippen LogP contribution in [0.2, 0.25) is 0 Å². The SMILES string of the molecule is COc1cc([N+](=O)[O-])c(C(=O)Nc2cc(F)c(I)c(F)c2)cc1SC. The van der Waals surface area contributed by atoms with E-state index in [0.717, 1.165) is 18.2 Å². The van der Waals surface area contributed by atoms with Gasteiger partial charge in [0, 0.05) is 5.69 Å². The van der Waals surface area contributed by atoms with Crippen molar-refractivity contribution < 1.29 is 23.2 Å². The van der Waals surface area contributed by atoms with Crippen molar-refractivity contribution in [3.05, 3.63) is 55.1 Å². The van der Waals surface area contributed by atoms with Gasteiger partial charge in [0.1, 0.15) is 22.9 Å². The molecule has 6 nitrogen and oxygen atoms in total. The third kappa shape index (κ3) is 4.18. The number of rotatable bonds is 5. The number of halogens is 3. The fourth-order valence-electron chi connectivity index (χ4n) is 2.03. The van der Waals surface area contributed by atoms with Crippen LogP contribution in [0.3, 0.4) is 0 Å². The number of nitrogens with one attached hydrogen (secondary N) is 1. The summed E-state index contributed by atoms with van der Waals surface area (Å²) in [6.45, 7) is 0. The maximum Gasteiger partial charge on any atom is 0.285 e. The lowest BCUT2D eigenvalue weighted by Gasteiger charge is -2.11. The zero-order chi connectivity index (χ0) is 18.7. The largest absolute Gasteiger partial charge is 0.495 e. The summed E-state index contributed by atoms with van der Waals surface area (Å²) in [6.07, 6.45) is 1.72. The van der Waals surface area contributed by atoms with Crippen LogP contribution in [0.1, 0.15) is 10.4 Å². The van der Waals surface area contributed by atoms with Crippen LogP contribution in [-0.4, -0.2) is 24.2 Å². The molecule has 10 heteroatoms. The Kier molecular flexibility index (Phi) is 6.16. The van der Waals surface area contributed by atoms with Gasteiger partial charge in [0.2, 0.25) is 0 Å². The van der Waals surface area contributed by atoms with E-state index < -0.39 is 28.2 Å². The summed E-state index contributed by atoms with van der Waals surface area (Å²) in [5, 5.41) is 13.5. The van der Waals surface area contributed by atoms with Crippen LogP contribution in [-0.2, 0) is 0 Å². The minimum absolute atomic E-state index is 0.142.